The molecule has 6 nitrogen and oxygen atoms in total. The highest BCUT2D eigenvalue weighted by Gasteiger charge is 2.30. The van der Waals surface area contributed by atoms with Crippen molar-refractivity contribution in [1.29, 1.82) is 0 Å². The van der Waals surface area contributed by atoms with Crippen molar-refractivity contribution in [3.8, 4) is 0 Å². The molecule has 1 heterocycles. The topological polar surface area (TPSA) is 91.4 Å². The van der Waals surface area contributed by atoms with Crippen molar-refractivity contribution < 1.29 is 23.8 Å². The van der Waals surface area contributed by atoms with E-state index in [0.29, 0.717) is 11.1 Å². The molecule has 0 radical (unpaired) electrons. The molecule has 0 bridgehead atoms. The second-order valence-corrected chi connectivity index (χ2v) is 5.89. The monoisotopic (exact) mass is 322 g/mol. The summed E-state index contributed by atoms with van der Waals surface area (Å²) < 4.78 is 18.4. The van der Waals surface area contributed by atoms with Crippen molar-refractivity contribution in [2.75, 3.05) is 13.7 Å². The van der Waals surface area contributed by atoms with Gasteiger partial charge in [0, 0.05) is 18.0 Å². The molecule has 1 atom stereocenters. The molecule has 0 aliphatic carbocycles. The summed E-state index contributed by atoms with van der Waals surface area (Å²) in [6.45, 7) is 3.40. The van der Waals surface area contributed by atoms with Gasteiger partial charge in [-0.25, -0.2) is 4.39 Å². The van der Waals surface area contributed by atoms with E-state index in [2.05, 4.69) is 10.3 Å². The number of aromatic nitrogens is 1. The van der Waals surface area contributed by atoms with E-state index in [-0.39, 0.29) is 24.5 Å². The molecule has 1 aromatic heterocycles. The molecule has 124 valence electrons. The number of carbonyl (C=O) groups is 2. The summed E-state index contributed by atoms with van der Waals surface area (Å²) >= 11 is 0. The number of hydrogen-bond acceptors (Lipinski definition) is 3. The summed E-state index contributed by atoms with van der Waals surface area (Å²) in [6, 6.07) is 4.31. The third-order valence-electron chi connectivity index (χ3n) is 3.57. The van der Waals surface area contributed by atoms with Crippen LogP contribution >= 0.6 is 0 Å². The number of aliphatic carboxylic acids is 1. The zero-order chi connectivity index (χ0) is 17.2. The van der Waals surface area contributed by atoms with Gasteiger partial charge in [-0.3, -0.25) is 9.59 Å². The van der Waals surface area contributed by atoms with E-state index in [9.17, 15) is 14.0 Å². The zero-order valence-electron chi connectivity index (χ0n) is 13.2. The van der Waals surface area contributed by atoms with Gasteiger partial charge in [-0.1, -0.05) is 0 Å². The average Bonchev–Trinajstić information content (AvgIpc) is 2.81. The van der Waals surface area contributed by atoms with Crippen LogP contribution in [0.25, 0.3) is 10.9 Å². The Morgan fingerprint density at radius 1 is 1.39 bits per heavy atom. The summed E-state index contributed by atoms with van der Waals surface area (Å²) in [5.41, 5.74) is 0.413. The standard InChI is InChI=1S/C16H19FN2O4/c1-9-4-10(17)5-12-11(9)6-13(18-12)15(22)19-16(2,8-23-3)7-14(20)21/h4-6,18H,7-8H2,1-3H3,(H,19,22)(H,20,21). The first-order valence-corrected chi connectivity index (χ1v) is 7.06. The Kier molecular flexibility index (Phi) is 4.70. The Hall–Kier alpha value is -2.41. The zero-order valence-corrected chi connectivity index (χ0v) is 13.2. The van der Waals surface area contributed by atoms with Gasteiger partial charge in [0.05, 0.1) is 18.6 Å². The number of benzene rings is 1. The van der Waals surface area contributed by atoms with Gasteiger partial charge in [0.2, 0.25) is 0 Å². The van der Waals surface area contributed by atoms with Gasteiger partial charge in [0.25, 0.3) is 5.91 Å². The van der Waals surface area contributed by atoms with Crippen LogP contribution in [0.2, 0.25) is 0 Å². The van der Waals surface area contributed by atoms with Crippen LogP contribution in [0.4, 0.5) is 4.39 Å². The lowest BCUT2D eigenvalue weighted by Gasteiger charge is -2.28. The molecular formula is C16H19FN2O4. The van der Waals surface area contributed by atoms with Crippen LogP contribution in [0.15, 0.2) is 18.2 Å². The lowest BCUT2D eigenvalue weighted by molar-refractivity contribution is -0.139. The van der Waals surface area contributed by atoms with Gasteiger partial charge in [0.1, 0.15) is 11.5 Å². The Labute approximate surface area is 132 Å². The van der Waals surface area contributed by atoms with Crippen LogP contribution in [-0.4, -0.2) is 41.2 Å². The number of aryl methyl sites for hydroxylation is 1. The number of nitrogens with one attached hydrogen (secondary N) is 2. The number of fused-ring (bicyclic) bond motifs is 1. The molecule has 23 heavy (non-hydrogen) atoms. The summed E-state index contributed by atoms with van der Waals surface area (Å²) in [4.78, 5) is 26.2. The second kappa shape index (κ2) is 6.37. The molecule has 1 amide bonds. The number of halogens is 1. The number of carbonyl (C=O) groups excluding carboxylic acids is 1. The number of hydrogen-bond donors (Lipinski definition) is 3. The first-order chi connectivity index (χ1) is 10.7. The van der Waals surface area contributed by atoms with E-state index in [4.69, 9.17) is 9.84 Å². The van der Waals surface area contributed by atoms with Gasteiger partial charge in [-0.05, 0) is 37.6 Å². The normalized spacial score (nSPS) is 13.7. The lowest BCUT2D eigenvalue weighted by Crippen LogP contribution is -2.50. The molecule has 0 aliphatic rings. The van der Waals surface area contributed by atoms with Gasteiger partial charge >= 0.3 is 5.97 Å². The third kappa shape index (κ3) is 3.87. The Morgan fingerprint density at radius 2 is 2.09 bits per heavy atom. The minimum Gasteiger partial charge on any atom is -0.481 e. The largest absolute Gasteiger partial charge is 0.481 e. The van der Waals surface area contributed by atoms with Gasteiger partial charge in [0.15, 0.2) is 0 Å². The summed E-state index contributed by atoms with van der Waals surface area (Å²) in [5, 5.41) is 12.4. The molecule has 0 aliphatic heterocycles. The molecular weight excluding hydrogens is 303 g/mol. The van der Waals surface area contributed by atoms with Crippen LogP contribution in [0.3, 0.4) is 0 Å². The predicted molar refractivity (Wildman–Crippen MR) is 83.0 cm³/mol. The van der Waals surface area contributed by atoms with Crippen molar-refractivity contribution in [1.82, 2.24) is 10.3 Å². The number of ether oxygens (including phenoxy) is 1. The minimum absolute atomic E-state index is 0.0545. The molecule has 1 aromatic carbocycles. The fourth-order valence-corrected chi connectivity index (χ4v) is 2.62. The van der Waals surface area contributed by atoms with Crippen LogP contribution in [0.5, 0.6) is 0 Å². The average molecular weight is 322 g/mol. The second-order valence-electron chi connectivity index (χ2n) is 5.89. The highest BCUT2D eigenvalue weighted by atomic mass is 19.1. The maximum atomic E-state index is 13.4. The molecule has 2 aromatic rings. The van der Waals surface area contributed by atoms with Crippen LogP contribution < -0.4 is 5.32 Å². The van der Waals surface area contributed by atoms with E-state index in [1.165, 1.54) is 19.2 Å². The predicted octanol–water partition coefficient (Wildman–Crippen LogP) is 2.23. The number of amides is 1. The van der Waals surface area contributed by atoms with Crippen molar-refractivity contribution in [2.24, 2.45) is 0 Å². The lowest BCUT2D eigenvalue weighted by atomic mass is 9.98. The molecule has 0 fully saturated rings. The van der Waals surface area contributed by atoms with Crippen LogP contribution in [0.1, 0.15) is 29.4 Å². The Morgan fingerprint density at radius 3 is 2.70 bits per heavy atom. The SMILES string of the molecule is COCC(C)(CC(=O)O)NC(=O)c1cc2c(C)cc(F)cc2[nH]1. The van der Waals surface area contributed by atoms with E-state index in [1.807, 2.05) is 0 Å². The van der Waals surface area contributed by atoms with E-state index in [1.54, 1.807) is 19.9 Å². The van der Waals surface area contributed by atoms with Crippen molar-refractivity contribution in [3.05, 3.63) is 35.3 Å². The molecule has 0 saturated heterocycles. The number of carboxylic acid groups (broad SMARTS) is 1. The van der Waals surface area contributed by atoms with Crippen molar-refractivity contribution in [2.45, 2.75) is 25.8 Å². The highest BCUT2D eigenvalue weighted by molar-refractivity contribution is 5.99. The van der Waals surface area contributed by atoms with Crippen LogP contribution in [0, 0.1) is 12.7 Å². The summed E-state index contributed by atoms with van der Waals surface area (Å²) in [7, 11) is 1.43. The van der Waals surface area contributed by atoms with Gasteiger partial charge in [-0.15, -0.1) is 0 Å². The summed E-state index contributed by atoms with van der Waals surface area (Å²) in [6.07, 6.45) is -0.277. The summed E-state index contributed by atoms with van der Waals surface area (Å²) in [5.74, 6) is -1.90. The molecule has 1 unspecified atom stereocenters. The number of H-pyrrole nitrogens is 1. The molecule has 7 heteroatoms. The van der Waals surface area contributed by atoms with Crippen molar-refractivity contribution in [3.63, 3.8) is 0 Å². The maximum Gasteiger partial charge on any atom is 0.305 e. The Balaban J connectivity index is 2.29. The minimum atomic E-state index is -1.05. The van der Waals surface area contributed by atoms with E-state index in [0.717, 1.165) is 5.39 Å². The molecule has 0 spiro atoms. The van der Waals surface area contributed by atoms with Crippen LogP contribution in [-0.2, 0) is 9.53 Å². The van der Waals surface area contributed by atoms with Gasteiger partial charge in [-0.2, -0.15) is 0 Å². The third-order valence-corrected chi connectivity index (χ3v) is 3.57. The smallest absolute Gasteiger partial charge is 0.305 e. The van der Waals surface area contributed by atoms with Gasteiger partial charge < -0.3 is 20.1 Å². The molecule has 3 N–H and O–H groups in total. The quantitative estimate of drug-likeness (QED) is 0.760. The number of methoxy groups -OCH3 is 1. The van der Waals surface area contributed by atoms with E-state index >= 15 is 0 Å². The number of carboxylic acids is 1. The van der Waals surface area contributed by atoms with E-state index < -0.39 is 17.4 Å². The molecule has 0 saturated carbocycles. The van der Waals surface area contributed by atoms with Crippen molar-refractivity contribution >= 4 is 22.8 Å². The fourth-order valence-electron chi connectivity index (χ4n) is 2.62. The first-order valence-electron chi connectivity index (χ1n) is 7.06. The maximum absolute atomic E-state index is 13.4. The first kappa shape index (κ1) is 17.0. The Bertz CT molecular complexity index is 756. The number of aromatic amines is 1. The highest BCUT2D eigenvalue weighted by Crippen LogP contribution is 2.22. The molecule has 2 rings (SSSR count). The number of rotatable bonds is 6. The fraction of sp³-hybridized carbons (Fsp3) is 0.375.